The van der Waals surface area contributed by atoms with Gasteiger partial charge in [-0.15, -0.1) is 0 Å². The van der Waals surface area contributed by atoms with Gasteiger partial charge < -0.3 is 9.64 Å². The van der Waals surface area contributed by atoms with Gasteiger partial charge >= 0.3 is 0 Å². The number of amides is 1. The number of nitrogens with zero attached hydrogens (tertiary/aromatic N) is 2. The Hall–Kier alpha value is -2.90. The van der Waals surface area contributed by atoms with E-state index in [2.05, 4.69) is 0 Å². The molecule has 1 amide bonds. The van der Waals surface area contributed by atoms with Crippen LogP contribution in [-0.2, 0) is 20.6 Å². The summed E-state index contributed by atoms with van der Waals surface area (Å²) in [7, 11) is -3.40. The maximum absolute atomic E-state index is 12.7. The lowest BCUT2D eigenvalue weighted by Gasteiger charge is -2.34. The number of piperazine rings is 1. The van der Waals surface area contributed by atoms with Crippen LogP contribution in [0.3, 0.4) is 0 Å². The molecule has 0 N–H and O–H groups in total. The van der Waals surface area contributed by atoms with Gasteiger partial charge in [-0.2, -0.15) is 4.31 Å². The Morgan fingerprint density at radius 3 is 2.27 bits per heavy atom. The number of hydrogen-bond acceptors (Lipinski definition) is 4. The zero-order valence-electron chi connectivity index (χ0n) is 16.6. The second kappa shape index (κ2) is 8.85. The van der Waals surface area contributed by atoms with Gasteiger partial charge in [0.25, 0.3) is 5.91 Å². The maximum atomic E-state index is 12.7. The minimum Gasteiger partial charge on any atom is -0.483 e. The largest absolute Gasteiger partial charge is 0.483 e. The first-order valence-electron chi connectivity index (χ1n) is 9.93. The minimum absolute atomic E-state index is 0.0218. The molecule has 0 spiro atoms. The number of rotatable bonds is 6. The van der Waals surface area contributed by atoms with Crippen molar-refractivity contribution in [2.24, 2.45) is 0 Å². The van der Waals surface area contributed by atoms with Crippen molar-refractivity contribution in [2.75, 3.05) is 32.8 Å². The number of sulfonamides is 1. The summed E-state index contributed by atoms with van der Waals surface area (Å²) in [5, 5.41) is 2.02. The zero-order chi connectivity index (χ0) is 21.0. The van der Waals surface area contributed by atoms with Crippen molar-refractivity contribution in [3.8, 4) is 5.75 Å². The minimum atomic E-state index is -3.40. The highest BCUT2D eigenvalue weighted by molar-refractivity contribution is 7.88. The summed E-state index contributed by atoms with van der Waals surface area (Å²) in [6, 6.07) is 22.8. The van der Waals surface area contributed by atoms with Gasteiger partial charge in [-0.25, -0.2) is 8.42 Å². The molecule has 1 heterocycles. The normalized spacial score (nSPS) is 15.3. The van der Waals surface area contributed by atoms with E-state index in [1.54, 1.807) is 4.90 Å². The molecule has 1 fully saturated rings. The molecule has 0 atom stereocenters. The molecule has 4 rings (SSSR count). The smallest absolute Gasteiger partial charge is 0.260 e. The lowest BCUT2D eigenvalue weighted by atomic mass is 10.1. The Labute approximate surface area is 176 Å². The first kappa shape index (κ1) is 20.4. The van der Waals surface area contributed by atoms with E-state index >= 15 is 0 Å². The van der Waals surface area contributed by atoms with Gasteiger partial charge in [-0.1, -0.05) is 66.7 Å². The monoisotopic (exact) mass is 424 g/mol. The number of fused-ring (bicyclic) bond motifs is 1. The summed E-state index contributed by atoms with van der Waals surface area (Å²) in [6.45, 7) is 1.27. The fourth-order valence-corrected chi connectivity index (χ4v) is 5.16. The first-order chi connectivity index (χ1) is 14.5. The number of ether oxygens (including phenoxy) is 1. The fourth-order valence-electron chi connectivity index (χ4n) is 3.64. The third kappa shape index (κ3) is 4.63. The predicted molar refractivity (Wildman–Crippen MR) is 117 cm³/mol. The van der Waals surface area contributed by atoms with Gasteiger partial charge in [-0.05, 0) is 17.0 Å². The Balaban J connectivity index is 1.32. The molecule has 30 heavy (non-hydrogen) atoms. The zero-order valence-corrected chi connectivity index (χ0v) is 17.4. The Bertz CT molecular complexity index is 1120. The topological polar surface area (TPSA) is 66.9 Å². The highest BCUT2D eigenvalue weighted by atomic mass is 32.2. The van der Waals surface area contributed by atoms with Gasteiger partial charge in [0.15, 0.2) is 6.61 Å². The lowest BCUT2D eigenvalue weighted by Crippen LogP contribution is -2.51. The summed E-state index contributed by atoms with van der Waals surface area (Å²) in [6.07, 6.45) is 0. The molecule has 3 aromatic carbocycles. The SMILES string of the molecule is O=C(COc1cccc2ccccc12)N1CCN(S(=O)(=O)Cc2ccccc2)CC1. The molecule has 0 saturated carbocycles. The molecule has 7 heteroatoms. The van der Waals surface area contributed by atoms with Crippen LogP contribution in [0.1, 0.15) is 5.56 Å². The van der Waals surface area contributed by atoms with Crippen LogP contribution in [0.2, 0.25) is 0 Å². The van der Waals surface area contributed by atoms with Gasteiger partial charge in [0.1, 0.15) is 5.75 Å². The van der Waals surface area contributed by atoms with E-state index in [1.165, 1.54) is 4.31 Å². The van der Waals surface area contributed by atoms with Crippen LogP contribution in [-0.4, -0.2) is 56.3 Å². The van der Waals surface area contributed by atoms with Gasteiger partial charge in [-0.3, -0.25) is 4.79 Å². The molecule has 1 saturated heterocycles. The molecule has 156 valence electrons. The van der Waals surface area contributed by atoms with E-state index < -0.39 is 10.0 Å². The Kier molecular flexibility index (Phi) is 6.01. The first-order valence-corrected chi connectivity index (χ1v) is 11.5. The predicted octanol–water partition coefficient (Wildman–Crippen LogP) is 2.89. The second-order valence-electron chi connectivity index (χ2n) is 7.29. The number of carbonyl (C=O) groups is 1. The molecule has 0 aromatic heterocycles. The van der Waals surface area contributed by atoms with Crippen LogP contribution in [0.15, 0.2) is 72.8 Å². The molecular formula is C23H24N2O4S. The van der Waals surface area contributed by atoms with E-state index in [9.17, 15) is 13.2 Å². The van der Waals surface area contributed by atoms with Crippen LogP contribution in [0.25, 0.3) is 10.8 Å². The molecular weight excluding hydrogens is 400 g/mol. The van der Waals surface area contributed by atoms with Crippen molar-refractivity contribution in [1.82, 2.24) is 9.21 Å². The summed E-state index contributed by atoms with van der Waals surface area (Å²) < 4.78 is 32.6. The van der Waals surface area contributed by atoms with Crippen molar-refractivity contribution >= 4 is 26.7 Å². The van der Waals surface area contributed by atoms with Crippen LogP contribution in [0, 0.1) is 0 Å². The van der Waals surface area contributed by atoms with E-state index in [0.29, 0.717) is 31.9 Å². The van der Waals surface area contributed by atoms with Crippen LogP contribution < -0.4 is 4.74 Å². The molecule has 3 aromatic rings. The van der Waals surface area contributed by atoms with E-state index in [1.807, 2.05) is 72.8 Å². The van der Waals surface area contributed by atoms with Crippen molar-refractivity contribution in [3.05, 3.63) is 78.4 Å². The average molecular weight is 425 g/mol. The van der Waals surface area contributed by atoms with E-state index in [0.717, 1.165) is 16.3 Å². The fraction of sp³-hybridized carbons (Fsp3) is 0.261. The standard InChI is InChI=1S/C23H24N2O4S/c26-23(17-29-22-12-6-10-20-9-4-5-11-21(20)22)24-13-15-25(16-14-24)30(27,28)18-19-7-2-1-3-8-19/h1-12H,13-18H2. The number of carbonyl (C=O) groups excluding carboxylic acids is 1. The van der Waals surface area contributed by atoms with Crippen LogP contribution in [0.4, 0.5) is 0 Å². The summed E-state index contributed by atoms with van der Waals surface area (Å²) in [5.41, 5.74) is 0.763. The molecule has 1 aliphatic heterocycles. The Morgan fingerprint density at radius 2 is 1.50 bits per heavy atom. The Morgan fingerprint density at radius 1 is 0.833 bits per heavy atom. The summed E-state index contributed by atoms with van der Waals surface area (Å²) in [5.74, 6) is 0.514. The third-order valence-electron chi connectivity index (χ3n) is 5.28. The van der Waals surface area contributed by atoms with Crippen molar-refractivity contribution in [3.63, 3.8) is 0 Å². The molecule has 0 bridgehead atoms. The van der Waals surface area contributed by atoms with Crippen LogP contribution in [0.5, 0.6) is 5.75 Å². The average Bonchev–Trinajstić information content (AvgIpc) is 2.78. The van der Waals surface area contributed by atoms with Gasteiger partial charge in [0.2, 0.25) is 10.0 Å². The highest BCUT2D eigenvalue weighted by Gasteiger charge is 2.29. The molecule has 6 nitrogen and oxygen atoms in total. The molecule has 0 radical (unpaired) electrons. The van der Waals surface area contributed by atoms with E-state index in [-0.39, 0.29) is 18.3 Å². The quantitative estimate of drug-likeness (QED) is 0.610. The summed E-state index contributed by atoms with van der Waals surface area (Å²) >= 11 is 0. The van der Waals surface area contributed by atoms with Crippen molar-refractivity contribution < 1.29 is 17.9 Å². The maximum Gasteiger partial charge on any atom is 0.260 e. The molecule has 0 aliphatic carbocycles. The third-order valence-corrected chi connectivity index (χ3v) is 7.13. The second-order valence-corrected chi connectivity index (χ2v) is 9.26. The van der Waals surface area contributed by atoms with Gasteiger partial charge in [0.05, 0.1) is 5.75 Å². The molecule has 0 unspecified atom stereocenters. The van der Waals surface area contributed by atoms with Crippen LogP contribution >= 0.6 is 0 Å². The lowest BCUT2D eigenvalue weighted by molar-refractivity contribution is -0.134. The van der Waals surface area contributed by atoms with E-state index in [4.69, 9.17) is 4.74 Å². The highest BCUT2D eigenvalue weighted by Crippen LogP contribution is 2.25. The summed E-state index contributed by atoms with van der Waals surface area (Å²) in [4.78, 5) is 14.3. The number of hydrogen-bond donors (Lipinski definition) is 0. The molecule has 1 aliphatic rings. The van der Waals surface area contributed by atoms with Gasteiger partial charge in [0, 0.05) is 31.6 Å². The number of benzene rings is 3. The van der Waals surface area contributed by atoms with Crippen molar-refractivity contribution in [2.45, 2.75) is 5.75 Å². The van der Waals surface area contributed by atoms with Crippen molar-refractivity contribution in [1.29, 1.82) is 0 Å².